The number of phenols is 1. The number of benzene rings is 1. The van der Waals surface area contributed by atoms with Crippen molar-refractivity contribution in [3.05, 3.63) is 29.8 Å². The van der Waals surface area contributed by atoms with Crippen LogP contribution in [0.1, 0.15) is 10.4 Å². The van der Waals surface area contributed by atoms with Gasteiger partial charge in [0.25, 0.3) is 0 Å². The van der Waals surface area contributed by atoms with E-state index in [2.05, 4.69) is 0 Å². The Morgan fingerprint density at radius 3 is 2.30 bits per heavy atom. The second kappa shape index (κ2) is 4.09. The van der Waals surface area contributed by atoms with Crippen LogP contribution < -0.4 is 0 Å². The fraction of sp³-hybridized carbons (Fsp3) is 0. The number of aromatic hydroxyl groups is 1. The predicted molar refractivity (Wildman–Crippen MR) is 33.5 cm³/mol. The van der Waals surface area contributed by atoms with Crippen LogP contribution in [0.3, 0.4) is 0 Å². The molecule has 1 rings (SSSR count). The van der Waals surface area contributed by atoms with Gasteiger partial charge in [-0.1, -0.05) is 12.1 Å². The second-order valence-corrected chi connectivity index (χ2v) is 1.68. The minimum absolute atomic E-state index is 0. The fourth-order valence-corrected chi connectivity index (χ4v) is 0.587. The molecule has 0 unspecified atom stereocenters. The van der Waals surface area contributed by atoms with Crippen molar-refractivity contribution in [2.45, 2.75) is 0 Å². The number of hydrogen-bond donors (Lipinski definition) is 1. The number of aldehydes is 1. The van der Waals surface area contributed by atoms with Crippen molar-refractivity contribution < 1.29 is 27.0 Å². The molecule has 10 heavy (non-hydrogen) atoms. The van der Waals surface area contributed by atoms with Crippen molar-refractivity contribution in [1.82, 2.24) is 0 Å². The van der Waals surface area contributed by atoms with Crippen LogP contribution in [0.25, 0.3) is 0 Å². The van der Waals surface area contributed by atoms with Crippen LogP contribution in [0.2, 0.25) is 0 Å². The van der Waals surface area contributed by atoms with Gasteiger partial charge >= 0.3 is 0 Å². The van der Waals surface area contributed by atoms with E-state index in [0.717, 1.165) is 0 Å². The largest absolute Gasteiger partial charge is 0.507 e. The third-order valence-corrected chi connectivity index (χ3v) is 1.06. The van der Waals surface area contributed by atoms with Gasteiger partial charge in [-0.25, -0.2) is 0 Å². The van der Waals surface area contributed by atoms with Gasteiger partial charge < -0.3 is 5.11 Å². The van der Waals surface area contributed by atoms with E-state index in [4.69, 9.17) is 5.11 Å². The van der Waals surface area contributed by atoms with E-state index in [9.17, 15) is 4.79 Å². The van der Waals surface area contributed by atoms with E-state index in [1.54, 1.807) is 18.2 Å². The molecular weight excluding hydrogens is 172 g/mol. The van der Waals surface area contributed by atoms with Crippen molar-refractivity contribution in [2.75, 3.05) is 0 Å². The number of rotatable bonds is 1. The topological polar surface area (TPSA) is 37.3 Å². The maximum Gasteiger partial charge on any atom is 0.153 e. The summed E-state index contributed by atoms with van der Waals surface area (Å²) in [5.74, 6) is 0.0347. The van der Waals surface area contributed by atoms with Gasteiger partial charge in [-0.05, 0) is 12.1 Å². The van der Waals surface area contributed by atoms with E-state index < -0.39 is 0 Å². The summed E-state index contributed by atoms with van der Waals surface area (Å²) in [6.07, 6.45) is 0.620. The zero-order chi connectivity index (χ0) is 6.69. The Morgan fingerprint density at radius 1 is 1.30 bits per heavy atom. The summed E-state index contributed by atoms with van der Waals surface area (Å²) in [6, 6.07) is 6.40. The molecule has 0 aliphatic rings. The molecular formula is C7H6FeO2. The standard InChI is InChI=1S/C7H6O2.Fe/c8-5-6-3-1-2-4-7(6)9;/h1-5,9H;. The molecule has 0 aliphatic carbocycles. The monoisotopic (exact) mass is 178 g/mol. The Labute approximate surface area is 69.3 Å². The van der Waals surface area contributed by atoms with Crippen molar-refractivity contribution >= 4 is 6.29 Å². The van der Waals surface area contributed by atoms with Gasteiger partial charge in [0.2, 0.25) is 0 Å². The first-order valence-corrected chi connectivity index (χ1v) is 2.58. The molecule has 1 aromatic rings. The number of phenolic OH excluding ortho intramolecular Hbond substituents is 1. The number of carbonyl (C=O) groups excluding carboxylic acids is 1. The minimum atomic E-state index is 0. The van der Waals surface area contributed by atoms with E-state index >= 15 is 0 Å². The summed E-state index contributed by atoms with van der Waals surface area (Å²) in [7, 11) is 0. The summed E-state index contributed by atoms with van der Waals surface area (Å²) < 4.78 is 0. The second-order valence-electron chi connectivity index (χ2n) is 1.68. The van der Waals surface area contributed by atoms with E-state index in [-0.39, 0.29) is 22.8 Å². The third kappa shape index (κ3) is 1.86. The molecule has 0 amide bonds. The summed E-state index contributed by atoms with van der Waals surface area (Å²) in [6.45, 7) is 0. The van der Waals surface area contributed by atoms with Crippen LogP contribution in [-0.4, -0.2) is 11.4 Å². The molecule has 1 N–H and O–H groups in total. The van der Waals surface area contributed by atoms with Crippen LogP contribution in [0.5, 0.6) is 5.75 Å². The van der Waals surface area contributed by atoms with Crippen molar-refractivity contribution in [3.8, 4) is 5.75 Å². The molecule has 0 saturated carbocycles. The molecule has 2 nitrogen and oxygen atoms in total. The first-order valence-electron chi connectivity index (χ1n) is 2.58. The first kappa shape index (κ1) is 9.21. The van der Waals surface area contributed by atoms with Gasteiger partial charge in [0.15, 0.2) is 6.29 Å². The summed E-state index contributed by atoms with van der Waals surface area (Å²) in [5, 5.41) is 8.88. The Hall–Kier alpha value is -0.791. The van der Waals surface area contributed by atoms with E-state index in [0.29, 0.717) is 11.8 Å². The average molecular weight is 178 g/mol. The Bertz CT molecular complexity index is 223. The number of hydrogen-bond acceptors (Lipinski definition) is 2. The van der Waals surface area contributed by atoms with Crippen LogP contribution in [0, 0.1) is 0 Å². The molecule has 0 radical (unpaired) electrons. The molecule has 0 bridgehead atoms. The van der Waals surface area contributed by atoms with Gasteiger partial charge in [-0.2, -0.15) is 0 Å². The summed E-state index contributed by atoms with van der Waals surface area (Å²) in [5.41, 5.74) is 0.331. The molecule has 54 valence electrons. The molecule has 0 fully saturated rings. The average Bonchev–Trinajstić information content (AvgIpc) is 1.89. The SMILES string of the molecule is O=Cc1ccccc1O.[Fe]. The fourth-order valence-electron chi connectivity index (χ4n) is 0.587. The van der Waals surface area contributed by atoms with Crippen LogP contribution in [0.15, 0.2) is 24.3 Å². The Morgan fingerprint density at radius 2 is 1.90 bits per heavy atom. The quantitative estimate of drug-likeness (QED) is 0.518. The smallest absolute Gasteiger partial charge is 0.153 e. The maximum absolute atomic E-state index is 10.1. The molecule has 0 aliphatic heterocycles. The van der Waals surface area contributed by atoms with Gasteiger partial charge in [0, 0.05) is 17.1 Å². The number of para-hydroxylation sites is 1. The first-order chi connectivity index (χ1) is 4.34. The summed E-state index contributed by atoms with van der Waals surface area (Å²) >= 11 is 0. The predicted octanol–water partition coefficient (Wildman–Crippen LogP) is 1.20. The molecule has 0 saturated heterocycles. The van der Waals surface area contributed by atoms with Crippen LogP contribution >= 0.6 is 0 Å². The molecule has 0 heterocycles. The van der Waals surface area contributed by atoms with Gasteiger partial charge in [-0.15, -0.1) is 0 Å². The molecule has 1 aromatic carbocycles. The molecule has 0 aromatic heterocycles. The Balaban J connectivity index is 0.000000810. The summed E-state index contributed by atoms with van der Waals surface area (Å²) in [4.78, 5) is 10.1. The van der Waals surface area contributed by atoms with Gasteiger partial charge in [0.1, 0.15) is 5.75 Å². The maximum atomic E-state index is 10.1. The van der Waals surface area contributed by atoms with Crippen molar-refractivity contribution in [2.24, 2.45) is 0 Å². The van der Waals surface area contributed by atoms with Gasteiger partial charge in [-0.3, -0.25) is 4.79 Å². The van der Waals surface area contributed by atoms with E-state index in [1.165, 1.54) is 6.07 Å². The molecule has 3 heteroatoms. The van der Waals surface area contributed by atoms with Crippen molar-refractivity contribution in [3.63, 3.8) is 0 Å². The third-order valence-electron chi connectivity index (χ3n) is 1.06. The zero-order valence-electron chi connectivity index (χ0n) is 5.10. The van der Waals surface area contributed by atoms with E-state index in [1.807, 2.05) is 0 Å². The van der Waals surface area contributed by atoms with Crippen molar-refractivity contribution in [1.29, 1.82) is 0 Å². The molecule has 0 spiro atoms. The zero-order valence-corrected chi connectivity index (χ0v) is 6.20. The number of carbonyl (C=O) groups is 1. The van der Waals surface area contributed by atoms with Crippen LogP contribution in [0.4, 0.5) is 0 Å². The van der Waals surface area contributed by atoms with Gasteiger partial charge in [0.05, 0.1) is 5.56 Å². The minimum Gasteiger partial charge on any atom is -0.507 e. The van der Waals surface area contributed by atoms with Crippen LogP contribution in [-0.2, 0) is 17.1 Å². The normalized spacial score (nSPS) is 8.00. The Kier molecular flexibility index (Phi) is 3.77. The molecule has 0 atom stereocenters.